The SMILES string of the molecule is CC1=C(C(=O)OCc2ccccc2)[C@H](c2ccccc2)NC(=O)N1C. The molecule has 1 aliphatic heterocycles. The summed E-state index contributed by atoms with van der Waals surface area (Å²) in [6.45, 7) is 1.95. The molecule has 0 fully saturated rings. The molecule has 0 aliphatic carbocycles. The van der Waals surface area contributed by atoms with Gasteiger partial charge >= 0.3 is 12.0 Å². The number of ether oxygens (including phenoxy) is 1. The highest BCUT2D eigenvalue weighted by molar-refractivity contribution is 5.94. The number of urea groups is 1. The lowest BCUT2D eigenvalue weighted by Gasteiger charge is -2.33. The van der Waals surface area contributed by atoms with Gasteiger partial charge in [0.15, 0.2) is 0 Å². The Kier molecular flexibility index (Phi) is 4.84. The molecular weight excluding hydrogens is 316 g/mol. The minimum absolute atomic E-state index is 0.190. The van der Waals surface area contributed by atoms with Crippen LogP contribution in [-0.2, 0) is 16.1 Å². The van der Waals surface area contributed by atoms with Crippen molar-refractivity contribution in [3.05, 3.63) is 83.1 Å². The van der Waals surface area contributed by atoms with Crippen molar-refractivity contribution in [2.45, 2.75) is 19.6 Å². The Labute approximate surface area is 146 Å². The minimum Gasteiger partial charge on any atom is -0.457 e. The van der Waals surface area contributed by atoms with Crippen molar-refractivity contribution in [2.24, 2.45) is 0 Å². The number of allylic oxidation sites excluding steroid dienone is 1. The van der Waals surface area contributed by atoms with E-state index in [9.17, 15) is 9.59 Å². The van der Waals surface area contributed by atoms with Gasteiger partial charge < -0.3 is 15.0 Å². The van der Waals surface area contributed by atoms with Crippen molar-refractivity contribution < 1.29 is 14.3 Å². The van der Waals surface area contributed by atoms with E-state index in [4.69, 9.17) is 4.74 Å². The Bertz CT molecular complexity index is 800. The number of nitrogens with one attached hydrogen (secondary N) is 1. The number of benzene rings is 2. The van der Waals surface area contributed by atoms with Gasteiger partial charge in [0, 0.05) is 12.7 Å². The first-order chi connectivity index (χ1) is 12.1. The van der Waals surface area contributed by atoms with E-state index in [0.717, 1.165) is 11.1 Å². The van der Waals surface area contributed by atoms with Gasteiger partial charge in [0.1, 0.15) is 6.61 Å². The zero-order chi connectivity index (χ0) is 17.8. The summed E-state index contributed by atoms with van der Waals surface area (Å²) in [5.41, 5.74) is 2.80. The van der Waals surface area contributed by atoms with E-state index < -0.39 is 12.0 Å². The van der Waals surface area contributed by atoms with Crippen LogP contribution in [0, 0.1) is 0 Å². The molecule has 0 unspecified atom stereocenters. The van der Waals surface area contributed by atoms with Crippen LogP contribution in [0.1, 0.15) is 24.1 Å². The predicted octanol–water partition coefficient (Wildman–Crippen LogP) is 3.40. The van der Waals surface area contributed by atoms with Gasteiger partial charge in [0.05, 0.1) is 11.6 Å². The molecule has 128 valence electrons. The predicted molar refractivity (Wildman–Crippen MR) is 94.4 cm³/mol. The topological polar surface area (TPSA) is 58.6 Å². The van der Waals surface area contributed by atoms with Crippen LogP contribution in [0.3, 0.4) is 0 Å². The lowest BCUT2D eigenvalue weighted by molar-refractivity contribution is -0.141. The molecule has 2 amide bonds. The monoisotopic (exact) mass is 336 g/mol. The highest BCUT2D eigenvalue weighted by Crippen LogP contribution is 2.30. The highest BCUT2D eigenvalue weighted by Gasteiger charge is 2.34. The Morgan fingerprint density at radius 2 is 1.68 bits per heavy atom. The van der Waals surface area contributed by atoms with Gasteiger partial charge in [-0.25, -0.2) is 9.59 Å². The summed E-state index contributed by atoms with van der Waals surface area (Å²) in [7, 11) is 1.64. The van der Waals surface area contributed by atoms with Crippen LogP contribution in [0.4, 0.5) is 4.79 Å². The van der Waals surface area contributed by atoms with Crippen LogP contribution >= 0.6 is 0 Å². The van der Waals surface area contributed by atoms with Gasteiger partial charge in [-0.05, 0) is 18.1 Å². The van der Waals surface area contributed by atoms with Crippen molar-refractivity contribution in [2.75, 3.05) is 7.05 Å². The zero-order valence-electron chi connectivity index (χ0n) is 14.2. The molecule has 0 bridgehead atoms. The van der Waals surface area contributed by atoms with E-state index in [2.05, 4.69) is 5.32 Å². The van der Waals surface area contributed by atoms with Gasteiger partial charge in [0.2, 0.25) is 0 Å². The first kappa shape index (κ1) is 16.8. The third-order valence-corrected chi connectivity index (χ3v) is 4.32. The highest BCUT2D eigenvalue weighted by atomic mass is 16.5. The molecular formula is C20H20N2O3. The largest absolute Gasteiger partial charge is 0.457 e. The molecule has 0 spiro atoms. The van der Waals surface area contributed by atoms with E-state index in [1.54, 1.807) is 14.0 Å². The van der Waals surface area contributed by atoms with Crippen LogP contribution in [0.5, 0.6) is 0 Å². The number of hydrogen-bond acceptors (Lipinski definition) is 3. The van der Waals surface area contributed by atoms with Crippen LogP contribution in [0.2, 0.25) is 0 Å². The molecule has 25 heavy (non-hydrogen) atoms. The average Bonchev–Trinajstić information content (AvgIpc) is 2.65. The summed E-state index contributed by atoms with van der Waals surface area (Å²) in [5.74, 6) is -0.429. The van der Waals surface area contributed by atoms with E-state index in [1.165, 1.54) is 4.90 Å². The molecule has 5 heteroatoms. The van der Waals surface area contributed by atoms with Gasteiger partial charge in [-0.1, -0.05) is 60.7 Å². The summed E-state index contributed by atoms with van der Waals surface area (Å²) >= 11 is 0. The maximum atomic E-state index is 12.8. The molecule has 2 aromatic rings. The third-order valence-electron chi connectivity index (χ3n) is 4.32. The fourth-order valence-electron chi connectivity index (χ4n) is 2.80. The maximum absolute atomic E-state index is 12.8. The van der Waals surface area contributed by atoms with E-state index in [-0.39, 0.29) is 12.6 Å². The first-order valence-corrected chi connectivity index (χ1v) is 8.09. The first-order valence-electron chi connectivity index (χ1n) is 8.09. The number of amides is 2. The molecule has 1 atom stereocenters. The smallest absolute Gasteiger partial charge is 0.338 e. The molecule has 2 aromatic carbocycles. The second-order valence-corrected chi connectivity index (χ2v) is 5.91. The van der Waals surface area contributed by atoms with Gasteiger partial charge in [-0.3, -0.25) is 0 Å². The summed E-state index contributed by atoms with van der Waals surface area (Å²) in [4.78, 5) is 26.4. The van der Waals surface area contributed by atoms with Crippen LogP contribution < -0.4 is 5.32 Å². The third kappa shape index (κ3) is 3.55. The molecule has 0 radical (unpaired) electrons. The Morgan fingerprint density at radius 3 is 2.32 bits per heavy atom. The summed E-state index contributed by atoms with van der Waals surface area (Å²) in [6, 6.07) is 18.2. The van der Waals surface area contributed by atoms with Crippen molar-refractivity contribution in [1.29, 1.82) is 0 Å². The lowest BCUT2D eigenvalue weighted by atomic mass is 9.95. The quantitative estimate of drug-likeness (QED) is 0.871. The fraction of sp³-hybridized carbons (Fsp3) is 0.200. The van der Waals surface area contributed by atoms with Crippen LogP contribution in [-0.4, -0.2) is 23.9 Å². The number of hydrogen-bond donors (Lipinski definition) is 1. The number of carbonyl (C=O) groups excluding carboxylic acids is 2. The number of carbonyl (C=O) groups is 2. The molecule has 5 nitrogen and oxygen atoms in total. The molecule has 1 aliphatic rings. The fourth-order valence-corrected chi connectivity index (χ4v) is 2.80. The molecule has 0 saturated carbocycles. The summed E-state index contributed by atoms with van der Waals surface area (Å²) in [5, 5.41) is 2.87. The van der Waals surface area contributed by atoms with Crippen molar-refractivity contribution >= 4 is 12.0 Å². The lowest BCUT2D eigenvalue weighted by Crippen LogP contribution is -2.46. The number of esters is 1. The van der Waals surface area contributed by atoms with Crippen LogP contribution in [0.15, 0.2) is 71.9 Å². The Hall–Kier alpha value is -3.08. The maximum Gasteiger partial charge on any atom is 0.338 e. The van der Waals surface area contributed by atoms with Crippen molar-refractivity contribution in [1.82, 2.24) is 10.2 Å². The average molecular weight is 336 g/mol. The minimum atomic E-state index is -0.520. The number of nitrogens with zero attached hydrogens (tertiary/aromatic N) is 1. The molecule has 3 rings (SSSR count). The molecule has 1 N–H and O–H groups in total. The van der Waals surface area contributed by atoms with E-state index in [0.29, 0.717) is 11.3 Å². The van der Waals surface area contributed by atoms with Crippen molar-refractivity contribution in [3.63, 3.8) is 0 Å². The van der Waals surface area contributed by atoms with Gasteiger partial charge in [-0.15, -0.1) is 0 Å². The molecule has 1 heterocycles. The Morgan fingerprint density at radius 1 is 1.08 bits per heavy atom. The number of rotatable bonds is 4. The zero-order valence-corrected chi connectivity index (χ0v) is 14.2. The van der Waals surface area contributed by atoms with Gasteiger partial charge in [-0.2, -0.15) is 0 Å². The second-order valence-electron chi connectivity index (χ2n) is 5.91. The summed E-state index contributed by atoms with van der Waals surface area (Å²) in [6.07, 6.45) is 0. The van der Waals surface area contributed by atoms with Crippen LogP contribution in [0.25, 0.3) is 0 Å². The molecule has 0 aromatic heterocycles. The van der Waals surface area contributed by atoms with E-state index >= 15 is 0 Å². The standard InChI is InChI=1S/C20H20N2O3/c1-14-17(19(23)25-13-15-9-5-3-6-10-15)18(21-20(24)22(14)2)16-11-7-4-8-12-16/h3-12,18H,13H2,1-2H3,(H,21,24)/t18-/m0/s1. The Balaban J connectivity index is 1.88. The second kappa shape index (κ2) is 7.21. The van der Waals surface area contributed by atoms with Gasteiger partial charge in [0.25, 0.3) is 0 Å². The van der Waals surface area contributed by atoms with Crippen molar-refractivity contribution in [3.8, 4) is 0 Å². The summed E-state index contributed by atoms with van der Waals surface area (Å²) < 4.78 is 5.50. The normalized spacial score (nSPS) is 17.3. The molecule has 0 saturated heterocycles. The van der Waals surface area contributed by atoms with E-state index in [1.807, 2.05) is 60.7 Å².